The van der Waals surface area contributed by atoms with Crippen molar-refractivity contribution >= 4 is 17.7 Å². The molecule has 1 aromatic heterocycles. The van der Waals surface area contributed by atoms with E-state index in [1.165, 1.54) is 18.9 Å². The van der Waals surface area contributed by atoms with Crippen molar-refractivity contribution in [3.05, 3.63) is 5.89 Å². The van der Waals surface area contributed by atoms with E-state index in [0.717, 1.165) is 0 Å². The van der Waals surface area contributed by atoms with E-state index in [1.54, 1.807) is 6.92 Å². The summed E-state index contributed by atoms with van der Waals surface area (Å²) in [5, 5.41) is 11.6. The second-order valence-corrected chi connectivity index (χ2v) is 5.96. The highest BCUT2D eigenvalue weighted by molar-refractivity contribution is 7.99. The number of methoxy groups -OCH3 is 1. The van der Waals surface area contributed by atoms with Gasteiger partial charge in [0.15, 0.2) is 0 Å². The summed E-state index contributed by atoms with van der Waals surface area (Å²) in [6, 6.07) is 0. The molecule has 108 valence electrons. The van der Waals surface area contributed by atoms with Crippen LogP contribution in [0.4, 0.5) is 0 Å². The summed E-state index contributed by atoms with van der Waals surface area (Å²) in [6.45, 7) is 8.27. The predicted molar refractivity (Wildman–Crippen MR) is 73.1 cm³/mol. The maximum absolute atomic E-state index is 11.9. The molecule has 0 saturated carbocycles. The second-order valence-electron chi connectivity index (χ2n) is 4.57. The zero-order valence-electron chi connectivity index (χ0n) is 12.0. The van der Waals surface area contributed by atoms with Gasteiger partial charge in [0.1, 0.15) is 5.54 Å². The Morgan fingerprint density at radius 3 is 2.74 bits per heavy atom. The molecule has 0 aromatic carbocycles. The number of hydrogen-bond donors (Lipinski definition) is 1. The Morgan fingerprint density at radius 1 is 1.58 bits per heavy atom. The number of aryl methyl sites for hydroxylation is 1. The van der Waals surface area contributed by atoms with E-state index >= 15 is 0 Å². The first kappa shape index (κ1) is 16.0. The Kier molecular flexibility index (Phi) is 5.81. The number of hydrogen-bond acceptors (Lipinski definition) is 7. The molecule has 1 rings (SSSR count). The summed E-state index contributed by atoms with van der Waals surface area (Å²) in [4.78, 5) is 11.9. The van der Waals surface area contributed by atoms with Crippen LogP contribution in [0.2, 0.25) is 0 Å². The van der Waals surface area contributed by atoms with Gasteiger partial charge in [-0.05, 0) is 19.9 Å². The van der Waals surface area contributed by atoms with E-state index in [1.807, 2.05) is 20.8 Å². The van der Waals surface area contributed by atoms with Crippen LogP contribution in [-0.2, 0) is 9.53 Å². The summed E-state index contributed by atoms with van der Waals surface area (Å²) in [6.07, 6.45) is 0.611. The molecule has 19 heavy (non-hydrogen) atoms. The molecule has 0 spiro atoms. The average Bonchev–Trinajstić information content (AvgIpc) is 2.73. The summed E-state index contributed by atoms with van der Waals surface area (Å²) in [5.74, 6) is 0.278. The van der Waals surface area contributed by atoms with Crippen molar-refractivity contribution in [1.82, 2.24) is 15.5 Å². The Morgan fingerprint density at radius 2 is 2.26 bits per heavy atom. The lowest BCUT2D eigenvalue weighted by molar-refractivity contribution is -0.148. The van der Waals surface area contributed by atoms with Crippen LogP contribution in [0.3, 0.4) is 0 Å². The average molecular weight is 287 g/mol. The normalized spacial score (nSPS) is 15.8. The fraction of sp³-hybridized carbons (Fsp3) is 0.750. The van der Waals surface area contributed by atoms with E-state index in [4.69, 9.17) is 9.15 Å². The summed E-state index contributed by atoms with van der Waals surface area (Å²) >= 11 is 1.46. The highest BCUT2D eigenvalue weighted by Crippen LogP contribution is 2.28. The molecule has 0 radical (unpaired) electrons. The zero-order valence-corrected chi connectivity index (χ0v) is 12.8. The van der Waals surface area contributed by atoms with Crippen molar-refractivity contribution in [2.24, 2.45) is 0 Å². The lowest BCUT2D eigenvalue weighted by Gasteiger charge is -2.29. The van der Waals surface area contributed by atoms with Crippen LogP contribution in [0.15, 0.2) is 9.64 Å². The quantitative estimate of drug-likeness (QED) is 0.605. The molecule has 0 aliphatic carbocycles. The number of carbonyl (C=O) groups is 1. The number of aromatic nitrogens is 2. The monoisotopic (exact) mass is 287 g/mol. The van der Waals surface area contributed by atoms with Gasteiger partial charge >= 0.3 is 5.97 Å². The first-order valence-electron chi connectivity index (χ1n) is 6.21. The van der Waals surface area contributed by atoms with E-state index in [0.29, 0.717) is 24.1 Å². The predicted octanol–water partition coefficient (Wildman–Crippen LogP) is 1.79. The molecule has 1 heterocycles. The fourth-order valence-corrected chi connectivity index (χ4v) is 2.98. The number of rotatable bonds is 7. The van der Waals surface area contributed by atoms with Crippen LogP contribution in [0.5, 0.6) is 0 Å². The van der Waals surface area contributed by atoms with Crippen LogP contribution >= 0.6 is 11.8 Å². The summed E-state index contributed by atoms with van der Waals surface area (Å²) in [5.41, 5.74) is -0.703. The van der Waals surface area contributed by atoms with E-state index in [-0.39, 0.29) is 11.2 Å². The van der Waals surface area contributed by atoms with Gasteiger partial charge < -0.3 is 14.5 Å². The summed E-state index contributed by atoms with van der Waals surface area (Å²) < 4.78 is 10.2. The molecule has 0 aliphatic heterocycles. The Balaban J connectivity index is 2.65. The third-order valence-corrected chi connectivity index (χ3v) is 3.64. The van der Waals surface area contributed by atoms with Gasteiger partial charge in [-0.3, -0.25) is 4.79 Å². The molecule has 2 atom stereocenters. The minimum absolute atomic E-state index is 0.142. The lowest BCUT2D eigenvalue weighted by atomic mass is 9.96. The molecule has 0 saturated heterocycles. The van der Waals surface area contributed by atoms with Gasteiger partial charge in [0.25, 0.3) is 5.22 Å². The topological polar surface area (TPSA) is 77.3 Å². The molecule has 1 N–H and O–H groups in total. The molecule has 2 unspecified atom stereocenters. The number of esters is 1. The Labute approximate surface area is 117 Å². The van der Waals surface area contributed by atoms with Gasteiger partial charge in [0.05, 0.1) is 7.11 Å². The second kappa shape index (κ2) is 6.91. The number of ether oxygens (including phenoxy) is 1. The van der Waals surface area contributed by atoms with Gasteiger partial charge in [-0.2, -0.15) is 0 Å². The molecule has 0 bridgehead atoms. The molecule has 1 aromatic rings. The summed E-state index contributed by atoms with van der Waals surface area (Å²) in [7, 11) is 1.40. The lowest BCUT2D eigenvalue weighted by Crippen LogP contribution is -2.51. The Bertz CT molecular complexity index is 424. The highest BCUT2D eigenvalue weighted by Gasteiger charge is 2.35. The minimum atomic E-state index is -0.703. The van der Waals surface area contributed by atoms with E-state index in [2.05, 4.69) is 15.5 Å². The van der Waals surface area contributed by atoms with Gasteiger partial charge in [-0.25, -0.2) is 0 Å². The molecule has 6 nitrogen and oxygen atoms in total. The van der Waals surface area contributed by atoms with Crippen molar-refractivity contribution in [2.45, 2.75) is 50.1 Å². The third-order valence-electron chi connectivity index (χ3n) is 2.71. The zero-order chi connectivity index (χ0) is 14.5. The van der Waals surface area contributed by atoms with Crippen LogP contribution in [-0.4, -0.2) is 40.6 Å². The molecule has 0 amide bonds. The number of carbonyl (C=O) groups excluding carboxylic acids is 1. The molecule has 0 fully saturated rings. The van der Waals surface area contributed by atoms with Crippen molar-refractivity contribution in [2.75, 3.05) is 13.7 Å². The number of nitrogens with one attached hydrogen (secondary N) is 1. The van der Waals surface area contributed by atoms with Crippen LogP contribution in [0.25, 0.3) is 0 Å². The number of nitrogens with zero attached hydrogens (tertiary/aromatic N) is 2. The van der Waals surface area contributed by atoms with Crippen molar-refractivity contribution in [3.63, 3.8) is 0 Å². The van der Waals surface area contributed by atoms with E-state index in [9.17, 15) is 4.79 Å². The third kappa shape index (κ3) is 4.50. The largest absolute Gasteiger partial charge is 0.468 e. The van der Waals surface area contributed by atoms with Gasteiger partial charge in [0.2, 0.25) is 5.89 Å². The van der Waals surface area contributed by atoms with Crippen LogP contribution < -0.4 is 5.32 Å². The Hall–Kier alpha value is -1.08. The first-order valence-corrected chi connectivity index (χ1v) is 7.09. The number of likely N-dealkylation sites (N-methyl/N-ethyl adjacent to an activating group) is 1. The minimum Gasteiger partial charge on any atom is -0.468 e. The fourth-order valence-electron chi connectivity index (χ4n) is 1.96. The number of thioether (sulfide) groups is 1. The van der Waals surface area contributed by atoms with Crippen molar-refractivity contribution in [1.29, 1.82) is 0 Å². The van der Waals surface area contributed by atoms with Crippen LogP contribution in [0.1, 0.15) is 33.1 Å². The molecular weight excluding hydrogens is 266 g/mol. The highest BCUT2D eigenvalue weighted by atomic mass is 32.2. The van der Waals surface area contributed by atoms with Gasteiger partial charge in [-0.15, -0.1) is 10.2 Å². The van der Waals surface area contributed by atoms with Crippen molar-refractivity contribution < 1.29 is 13.9 Å². The van der Waals surface area contributed by atoms with Gasteiger partial charge in [-0.1, -0.05) is 25.6 Å². The molecule has 0 aliphatic rings. The smallest absolute Gasteiger partial charge is 0.325 e. The van der Waals surface area contributed by atoms with Crippen LogP contribution in [0, 0.1) is 6.92 Å². The maximum atomic E-state index is 11.9. The maximum Gasteiger partial charge on any atom is 0.325 e. The van der Waals surface area contributed by atoms with Crippen molar-refractivity contribution in [3.8, 4) is 0 Å². The molecular formula is C12H21N3O3S. The standard InChI is InChI=1S/C12H21N3O3S/c1-6-13-12(4,10(16)17-5)7-8(2)19-11-15-14-9(3)18-11/h8,13H,6-7H2,1-5H3. The first-order chi connectivity index (χ1) is 8.91. The van der Waals surface area contributed by atoms with E-state index < -0.39 is 5.54 Å². The SMILES string of the molecule is CCNC(C)(CC(C)Sc1nnc(C)o1)C(=O)OC. The van der Waals surface area contributed by atoms with Gasteiger partial charge in [0, 0.05) is 12.2 Å². The molecule has 7 heteroatoms.